The number of rotatable bonds is 13. The molecule has 6 rings (SSSR count). The fourth-order valence-electron chi connectivity index (χ4n) is 6.81. The van der Waals surface area contributed by atoms with Crippen LogP contribution >= 0.6 is 11.6 Å². The van der Waals surface area contributed by atoms with E-state index in [0.717, 1.165) is 49.9 Å². The highest BCUT2D eigenvalue weighted by atomic mass is 35.5. The molecule has 3 aromatic heterocycles. The first-order chi connectivity index (χ1) is 24.4. The van der Waals surface area contributed by atoms with Crippen LogP contribution in [0.15, 0.2) is 49.4 Å². The molecular formula is C37H52ClN9O4. The Morgan fingerprint density at radius 3 is 2.33 bits per heavy atom. The fourth-order valence-corrected chi connectivity index (χ4v) is 6.97. The molecule has 4 heterocycles. The average molecular weight is 722 g/mol. The van der Waals surface area contributed by atoms with Crippen LogP contribution in [0, 0.1) is 0 Å². The minimum absolute atomic E-state index is 0.171. The highest BCUT2D eigenvalue weighted by Gasteiger charge is 2.32. The molecule has 1 aliphatic heterocycles. The molecule has 51 heavy (non-hydrogen) atoms. The molecule has 0 spiro atoms. The van der Waals surface area contributed by atoms with E-state index in [-0.39, 0.29) is 36.1 Å². The van der Waals surface area contributed by atoms with Gasteiger partial charge < -0.3 is 24.3 Å². The maximum absolute atomic E-state index is 6.49. The third-order valence-electron chi connectivity index (χ3n) is 9.17. The molecule has 1 aliphatic carbocycles. The fraction of sp³-hybridized carbons (Fsp3) is 0.595. The van der Waals surface area contributed by atoms with Crippen LogP contribution in [0.4, 0.5) is 11.6 Å². The number of halogens is 1. The molecule has 276 valence electrons. The van der Waals surface area contributed by atoms with Crippen molar-refractivity contribution in [3.8, 4) is 22.8 Å². The van der Waals surface area contributed by atoms with Crippen LogP contribution in [0.2, 0.25) is 5.02 Å². The van der Waals surface area contributed by atoms with Crippen molar-refractivity contribution in [3.63, 3.8) is 0 Å². The highest BCUT2D eigenvalue weighted by Crippen LogP contribution is 2.36. The molecule has 4 atom stereocenters. The van der Waals surface area contributed by atoms with Crippen LogP contribution in [-0.4, -0.2) is 95.2 Å². The summed E-state index contributed by atoms with van der Waals surface area (Å²) in [4.78, 5) is 15.9. The van der Waals surface area contributed by atoms with Crippen LogP contribution in [0.5, 0.6) is 11.6 Å². The van der Waals surface area contributed by atoms with E-state index in [1.165, 1.54) is 6.33 Å². The molecule has 0 radical (unpaired) electrons. The summed E-state index contributed by atoms with van der Waals surface area (Å²) in [5, 5.41) is 13.0. The Balaban J connectivity index is 1.14. The summed E-state index contributed by atoms with van der Waals surface area (Å²) in [5.74, 6) is 1.52. The molecule has 2 fully saturated rings. The summed E-state index contributed by atoms with van der Waals surface area (Å²) in [7, 11) is 0. The Morgan fingerprint density at radius 1 is 0.961 bits per heavy atom. The van der Waals surface area contributed by atoms with Crippen molar-refractivity contribution in [2.45, 2.75) is 123 Å². The van der Waals surface area contributed by atoms with Crippen molar-refractivity contribution in [1.29, 1.82) is 0 Å². The van der Waals surface area contributed by atoms with Gasteiger partial charge in [-0.05, 0) is 91.8 Å². The molecule has 1 N–H and O–H groups in total. The van der Waals surface area contributed by atoms with Crippen molar-refractivity contribution in [2.75, 3.05) is 25.0 Å². The van der Waals surface area contributed by atoms with Gasteiger partial charge in [0.15, 0.2) is 0 Å². The number of ether oxygens (including phenoxy) is 4. The Hall–Kier alpha value is -3.78. The maximum Gasteiger partial charge on any atom is 0.257 e. The van der Waals surface area contributed by atoms with E-state index in [2.05, 4.69) is 48.8 Å². The van der Waals surface area contributed by atoms with E-state index in [1.54, 1.807) is 23.4 Å². The smallest absolute Gasteiger partial charge is 0.257 e. The third-order valence-corrected chi connectivity index (χ3v) is 9.48. The summed E-state index contributed by atoms with van der Waals surface area (Å²) < 4.78 is 28.3. The van der Waals surface area contributed by atoms with Crippen molar-refractivity contribution in [2.24, 2.45) is 0 Å². The molecule has 1 unspecified atom stereocenters. The van der Waals surface area contributed by atoms with E-state index in [1.807, 2.05) is 59.0 Å². The van der Waals surface area contributed by atoms with Crippen molar-refractivity contribution < 1.29 is 18.9 Å². The molecule has 1 saturated carbocycles. The van der Waals surface area contributed by atoms with Crippen LogP contribution < -0.4 is 14.8 Å². The first kappa shape index (κ1) is 37.0. The van der Waals surface area contributed by atoms with Gasteiger partial charge >= 0.3 is 0 Å². The van der Waals surface area contributed by atoms with E-state index >= 15 is 0 Å². The van der Waals surface area contributed by atoms with E-state index in [0.29, 0.717) is 47.5 Å². The summed E-state index contributed by atoms with van der Waals surface area (Å²) >= 11 is 6.49. The van der Waals surface area contributed by atoms with E-state index in [9.17, 15) is 0 Å². The van der Waals surface area contributed by atoms with Gasteiger partial charge in [-0.25, -0.2) is 19.6 Å². The number of hydrogen-bond acceptors (Lipinski definition) is 11. The molecule has 13 nitrogen and oxygen atoms in total. The van der Waals surface area contributed by atoms with Gasteiger partial charge in [0.25, 0.3) is 5.88 Å². The van der Waals surface area contributed by atoms with E-state index in [4.69, 9.17) is 35.6 Å². The number of nitrogens with one attached hydrogen (secondary N) is 1. The number of nitrogens with zero attached hydrogens (tertiary/aromatic N) is 8. The molecule has 1 saturated heterocycles. The average Bonchev–Trinajstić information content (AvgIpc) is 3.74. The van der Waals surface area contributed by atoms with Gasteiger partial charge in [-0.2, -0.15) is 5.10 Å². The van der Waals surface area contributed by atoms with E-state index < -0.39 is 0 Å². The number of aromatic nitrogens is 7. The Morgan fingerprint density at radius 2 is 1.67 bits per heavy atom. The molecule has 2 aliphatic rings. The van der Waals surface area contributed by atoms with Gasteiger partial charge in [-0.15, -0.1) is 5.10 Å². The van der Waals surface area contributed by atoms with Crippen molar-refractivity contribution >= 4 is 23.2 Å². The quantitative estimate of drug-likeness (QED) is 0.154. The molecular weight excluding hydrogens is 670 g/mol. The molecule has 4 aromatic rings. The maximum atomic E-state index is 6.49. The van der Waals surface area contributed by atoms with Gasteiger partial charge in [0.05, 0.1) is 48.2 Å². The lowest BCUT2D eigenvalue weighted by Crippen LogP contribution is -2.51. The zero-order valence-corrected chi connectivity index (χ0v) is 31.6. The van der Waals surface area contributed by atoms with Crippen LogP contribution in [0.3, 0.4) is 0 Å². The topological polar surface area (TPSA) is 127 Å². The van der Waals surface area contributed by atoms with Crippen molar-refractivity contribution in [3.05, 3.63) is 54.5 Å². The zero-order chi connectivity index (χ0) is 36.1. The summed E-state index contributed by atoms with van der Waals surface area (Å²) in [6.07, 6.45) is 13.3. The van der Waals surface area contributed by atoms with Crippen molar-refractivity contribution in [1.82, 2.24) is 39.4 Å². The van der Waals surface area contributed by atoms with Gasteiger partial charge in [-0.1, -0.05) is 17.7 Å². The monoisotopic (exact) mass is 721 g/mol. The van der Waals surface area contributed by atoms with Crippen LogP contribution in [0.1, 0.15) is 80.2 Å². The lowest BCUT2D eigenvalue weighted by atomic mass is 9.89. The number of hydrogen-bond donors (Lipinski definition) is 1. The standard InChI is InChI=1S/C37H52ClN9O4/c1-24-17-45(18-25(2)49-24)30-9-11-31(12-10-30)47-20-33(35(44-47)51-27(4)21-48-37(5,6)7)43-36-40-15-29(16-41-36)28-8-13-32(38)34(14-28)50-26(3)19-46-23-39-22-42-46/h8,13-16,20,22-27,30-31H,9-12,17-19,21H2,1-7H3,(H,40,41,43)/t24-,25+,26-,27?,30-,31-/m0/s1. The first-order valence-electron chi connectivity index (χ1n) is 18.1. The Kier molecular flexibility index (Phi) is 11.8. The Labute approximate surface area is 306 Å². The number of anilines is 2. The summed E-state index contributed by atoms with van der Waals surface area (Å²) in [5.41, 5.74) is 2.16. The summed E-state index contributed by atoms with van der Waals surface area (Å²) in [6, 6.07) is 6.50. The summed E-state index contributed by atoms with van der Waals surface area (Å²) in [6.45, 7) is 17.4. The molecule has 0 amide bonds. The predicted octanol–water partition coefficient (Wildman–Crippen LogP) is 6.97. The lowest BCUT2D eigenvalue weighted by molar-refractivity contribution is -0.0852. The second-order valence-corrected chi connectivity index (χ2v) is 15.4. The predicted molar refractivity (Wildman–Crippen MR) is 197 cm³/mol. The second-order valence-electron chi connectivity index (χ2n) is 15.0. The Bertz CT molecular complexity index is 1680. The number of benzene rings is 1. The molecule has 0 bridgehead atoms. The largest absolute Gasteiger partial charge is 0.487 e. The molecule has 14 heteroatoms. The van der Waals surface area contributed by atoms with Crippen LogP contribution in [0.25, 0.3) is 11.1 Å². The van der Waals surface area contributed by atoms with Gasteiger partial charge in [0, 0.05) is 37.1 Å². The highest BCUT2D eigenvalue weighted by molar-refractivity contribution is 6.32. The SMILES string of the molecule is CC(COC(C)(C)C)Oc1nn([C@H]2CC[C@H](N3C[C@@H](C)O[C@@H](C)C3)CC2)cc1Nc1ncc(-c2ccc(Cl)c(O[C@@H](C)Cn3cncn3)c2)cn1. The lowest BCUT2D eigenvalue weighted by Gasteiger charge is -2.42. The normalized spacial score (nSPS) is 22.7. The van der Waals surface area contributed by atoms with Gasteiger partial charge in [0.1, 0.15) is 36.3 Å². The number of morpholine rings is 1. The minimum Gasteiger partial charge on any atom is -0.487 e. The van der Waals surface area contributed by atoms with Gasteiger partial charge in [-0.3, -0.25) is 9.58 Å². The first-order valence-corrected chi connectivity index (χ1v) is 18.4. The van der Waals surface area contributed by atoms with Gasteiger partial charge in [0.2, 0.25) is 5.95 Å². The third kappa shape index (κ3) is 10.2. The molecule has 1 aromatic carbocycles. The second kappa shape index (κ2) is 16.3. The zero-order valence-electron chi connectivity index (χ0n) is 30.8. The minimum atomic E-state index is -0.268. The van der Waals surface area contributed by atoms with Crippen LogP contribution in [-0.2, 0) is 16.0 Å².